The monoisotopic (exact) mass is 968 g/mol. The average Bonchev–Trinajstić information content (AvgIpc) is 3.61. The zero-order valence-corrected chi connectivity index (χ0v) is 39.3. The van der Waals surface area contributed by atoms with Crippen LogP contribution in [0.3, 0.4) is 0 Å². The van der Waals surface area contributed by atoms with Crippen molar-refractivity contribution in [3.63, 3.8) is 0 Å². The number of hydrogen-bond acceptors (Lipinski definition) is 20. The van der Waals surface area contributed by atoms with Crippen LogP contribution in [0.25, 0.3) is 0 Å². The van der Waals surface area contributed by atoms with E-state index >= 15 is 0 Å². The summed E-state index contributed by atoms with van der Waals surface area (Å²) < 4.78 is 53.4. The Morgan fingerprint density at radius 1 is 0.750 bits per heavy atom. The molecular formula is C48H72O20. The number of methoxy groups -OCH3 is 1. The van der Waals surface area contributed by atoms with Gasteiger partial charge in [0.25, 0.3) is 0 Å². The molecule has 68 heavy (non-hydrogen) atoms. The maximum atomic E-state index is 13.8. The van der Waals surface area contributed by atoms with Crippen molar-refractivity contribution < 1.29 is 98.2 Å². The second-order valence-corrected chi connectivity index (χ2v) is 20.8. The van der Waals surface area contributed by atoms with Crippen molar-refractivity contribution in [1.82, 2.24) is 0 Å². The second kappa shape index (κ2) is 20.6. The molecule has 4 saturated carbocycles. The third-order valence-electron chi connectivity index (χ3n) is 17.4. The molecule has 0 bridgehead atoms. The topological polar surface area (TPSA) is 299 Å². The van der Waals surface area contributed by atoms with Crippen LogP contribution in [0.1, 0.15) is 89.4 Å². The van der Waals surface area contributed by atoms with E-state index in [0.717, 1.165) is 19.3 Å². The van der Waals surface area contributed by atoms with E-state index in [1.54, 1.807) is 24.3 Å². The maximum Gasteiger partial charge on any atom is 0.338 e. The molecular weight excluding hydrogens is 897 g/mol. The Balaban J connectivity index is 0.912. The Kier molecular flexibility index (Phi) is 15.7. The second-order valence-electron chi connectivity index (χ2n) is 20.8. The van der Waals surface area contributed by atoms with E-state index in [1.165, 1.54) is 14.0 Å². The van der Waals surface area contributed by atoms with Gasteiger partial charge in [0.1, 0.15) is 79.4 Å². The minimum Gasteiger partial charge on any atom is -0.463 e. The fourth-order valence-corrected chi connectivity index (χ4v) is 13.7. The van der Waals surface area contributed by atoms with Gasteiger partial charge in [0.2, 0.25) is 0 Å². The summed E-state index contributed by atoms with van der Waals surface area (Å²) in [5.41, 5.74) is -1.92. The molecule has 384 valence electrons. The van der Waals surface area contributed by atoms with Crippen LogP contribution in [0.4, 0.5) is 0 Å². The summed E-state index contributed by atoms with van der Waals surface area (Å²) in [6, 6.07) is 8.82. The van der Waals surface area contributed by atoms with Gasteiger partial charge in [0.15, 0.2) is 18.9 Å². The van der Waals surface area contributed by atoms with Crippen LogP contribution in [0.15, 0.2) is 30.3 Å². The molecule has 0 radical (unpaired) electrons. The van der Waals surface area contributed by atoms with E-state index < -0.39 is 134 Å². The molecule has 20 heteroatoms. The summed E-state index contributed by atoms with van der Waals surface area (Å²) in [5, 5.41) is 97.6. The number of esters is 2. The number of carbonyl (C=O) groups is 2. The lowest BCUT2D eigenvalue weighted by Gasteiger charge is -2.65. The van der Waals surface area contributed by atoms with Crippen molar-refractivity contribution in [2.75, 3.05) is 26.9 Å². The summed E-state index contributed by atoms with van der Waals surface area (Å²) in [6.45, 7) is 5.85. The third-order valence-corrected chi connectivity index (χ3v) is 17.4. The molecule has 1 aromatic rings. The first-order chi connectivity index (χ1) is 32.3. The molecule has 1 aromatic carbocycles. The van der Waals surface area contributed by atoms with Crippen molar-refractivity contribution in [3.05, 3.63) is 35.9 Å². The third kappa shape index (κ3) is 9.17. The Morgan fingerprint density at radius 2 is 1.43 bits per heavy atom. The van der Waals surface area contributed by atoms with Crippen LogP contribution in [0.2, 0.25) is 0 Å². The normalized spacial score (nSPS) is 48.6. The van der Waals surface area contributed by atoms with E-state index in [2.05, 4.69) is 6.92 Å². The molecule has 0 spiro atoms. The van der Waals surface area contributed by atoms with Gasteiger partial charge in [0.05, 0.1) is 37.1 Å². The van der Waals surface area contributed by atoms with Crippen molar-refractivity contribution in [2.24, 2.45) is 34.5 Å². The molecule has 8 rings (SSSR count). The lowest BCUT2D eigenvalue weighted by Crippen LogP contribution is -2.68. The van der Waals surface area contributed by atoms with Gasteiger partial charge in [-0.2, -0.15) is 0 Å². The summed E-state index contributed by atoms with van der Waals surface area (Å²) >= 11 is 0. The van der Waals surface area contributed by atoms with Gasteiger partial charge in [-0.3, -0.25) is 4.79 Å². The van der Waals surface area contributed by atoms with Gasteiger partial charge in [0, 0.05) is 25.4 Å². The number of aliphatic hydroxyl groups excluding tert-OH is 8. The molecule has 4 aliphatic carbocycles. The number of fused-ring (bicyclic) bond motifs is 5. The minimum atomic E-state index is -1.82. The highest BCUT2D eigenvalue weighted by molar-refractivity contribution is 5.89. The molecule has 0 aromatic heterocycles. The van der Waals surface area contributed by atoms with Crippen molar-refractivity contribution in [3.8, 4) is 0 Å². The molecule has 7 fully saturated rings. The molecule has 24 unspecified atom stereocenters. The number of rotatable bonds is 13. The Morgan fingerprint density at radius 3 is 2.10 bits per heavy atom. The molecule has 9 N–H and O–H groups in total. The first kappa shape index (κ1) is 51.9. The van der Waals surface area contributed by atoms with E-state index in [1.807, 2.05) is 19.9 Å². The summed E-state index contributed by atoms with van der Waals surface area (Å²) in [7, 11) is 1.36. The van der Waals surface area contributed by atoms with Crippen molar-refractivity contribution in [2.45, 2.75) is 189 Å². The zero-order chi connectivity index (χ0) is 49.0. The molecule has 20 nitrogen and oxygen atoms in total. The van der Waals surface area contributed by atoms with Gasteiger partial charge >= 0.3 is 11.9 Å². The van der Waals surface area contributed by atoms with Gasteiger partial charge in [-0.1, -0.05) is 32.0 Å². The lowest BCUT2D eigenvalue weighted by molar-refractivity contribution is -0.374. The van der Waals surface area contributed by atoms with Crippen LogP contribution in [0.5, 0.6) is 0 Å². The van der Waals surface area contributed by atoms with Crippen molar-refractivity contribution in [1.29, 1.82) is 0 Å². The predicted molar refractivity (Wildman–Crippen MR) is 232 cm³/mol. The quantitative estimate of drug-likeness (QED) is 0.0904. The number of hydrogen-bond donors (Lipinski definition) is 9. The Bertz CT molecular complexity index is 1870. The van der Waals surface area contributed by atoms with Gasteiger partial charge in [-0.15, -0.1) is 0 Å². The van der Waals surface area contributed by atoms with E-state index in [0.29, 0.717) is 37.7 Å². The van der Waals surface area contributed by atoms with Crippen LogP contribution in [0, 0.1) is 34.5 Å². The summed E-state index contributed by atoms with van der Waals surface area (Å²) in [4.78, 5) is 26.0. The Labute approximate surface area is 395 Å². The van der Waals surface area contributed by atoms with Crippen LogP contribution >= 0.6 is 0 Å². The maximum absolute atomic E-state index is 13.8. The van der Waals surface area contributed by atoms with Gasteiger partial charge in [-0.05, 0) is 93.6 Å². The van der Waals surface area contributed by atoms with Crippen LogP contribution < -0.4 is 0 Å². The SMILES string of the molecule is COC1C(OC2OC(CO)C(OC3OC(CO)C(O)C(O)C3O)C(O)C2O)COC(OC2CCC3(C)C(CCC4C3CC(OC(=O)c3ccccc3)C3(C)C(C(C)OC(C)=O)CCC43O)C2)C1O. The molecule has 3 saturated heterocycles. The molecule has 24 atom stereocenters. The minimum absolute atomic E-state index is 0.000181. The molecule has 3 aliphatic heterocycles. The highest BCUT2D eigenvalue weighted by atomic mass is 16.8. The summed E-state index contributed by atoms with van der Waals surface area (Å²) in [5.74, 6) is -1.03. The number of aliphatic hydroxyl groups is 9. The highest BCUT2D eigenvalue weighted by Crippen LogP contribution is 2.70. The first-order valence-electron chi connectivity index (χ1n) is 24.2. The fraction of sp³-hybridized carbons (Fsp3) is 0.833. The summed E-state index contributed by atoms with van der Waals surface area (Å²) in [6.07, 6.45) is -17.3. The standard InChI is InChI=1S/C48H72O20/c1-22(62-23(2)51)27-14-16-48(59)28-12-11-25-17-26(13-15-46(25,3)29(28)18-33(47(27,48)4)67-42(58)24-9-7-6-8-10-24)63-43-39(57)40(60-5)32(21-61-43)66-44-38(56)36(54)41(31(20-50)65-44)68-45-37(55)35(53)34(52)30(19-49)64-45/h6-10,22,25-41,43-45,49-50,52-57,59H,11-21H2,1-5H3. The number of ether oxygens (including phenoxy) is 9. The van der Waals surface area contributed by atoms with Gasteiger partial charge < -0.3 is 88.6 Å². The van der Waals surface area contributed by atoms with Crippen LogP contribution in [-0.4, -0.2) is 195 Å². The highest BCUT2D eigenvalue weighted by Gasteiger charge is 2.72. The first-order valence-corrected chi connectivity index (χ1v) is 24.2. The van der Waals surface area contributed by atoms with E-state index in [4.69, 9.17) is 42.6 Å². The molecule has 0 amide bonds. The van der Waals surface area contributed by atoms with Crippen LogP contribution in [-0.2, 0) is 47.4 Å². The Hall–Kier alpha value is -2.48. The number of benzene rings is 1. The lowest BCUT2D eigenvalue weighted by atomic mass is 9.42. The predicted octanol–water partition coefficient (Wildman–Crippen LogP) is -0.326. The van der Waals surface area contributed by atoms with E-state index in [9.17, 15) is 55.5 Å². The molecule has 3 heterocycles. The van der Waals surface area contributed by atoms with E-state index in [-0.39, 0.29) is 41.8 Å². The average molecular weight is 969 g/mol. The smallest absolute Gasteiger partial charge is 0.338 e. The fourth-order valence-electron chi connectivity index (χ4n) is 13.7. The zero-order valence-electron chi connectivity index (χ0n) is 39.3. The molecule has 7 aliphatic rings. The van der Waals surface area contributed by atoms with Gasteiger partial charge in [-0.25, -0.2) is 4.79 Å². The number of carbonyl (C=O) groups excluding carboxylic acids is 2. The van der Waals surface area contributed by atoms with Crippen molar-refractivity contribution >= 4 is 11.9 Å². The largest absolute Gasteiger partial charge is 0.463 e.